The van der Waals surface area contributed by atoms with E-state index < -0.39 is 10.0 Å². The summed E-state index contributed by atoms with van der Waals surface area (Å²) in [6.45, 7) is 6.87. The van der Waals surface area contributed by atoms with Crippen LogP contribution in [0.25, 0.3) is 0 Å². The van der Waals surface area contributed by atoms with Crippen LogP contribution in [0.15, 0.2) is 23.4 Å². The number of nitrogens with zero attached hydrogens (tertiary/aromatic N) is 3. The first-order chi connectivity index (χ1) is 9.41. The number of aryl methyl sites for hydroxylation is 2. The van der Waals surface area contributed by atoms with Gasteiger partial charge in [-0.2, -0.15) is 4.31 Å². The van der Waals surface area contributed by atoms with Gasteiger partial charge in [-0.05, 0) is 32.9 Å². The third-order valence-electron chi connectivity index (χ3n) is 3.90. The number of rotatable bonds is 2. The van der Waals surface area contributed by atoms with E-state index in [-0.39, 0.29) is 11.1 Å². The van der Waals surface area contributed by atoms with Crippen LogP contribution in [0, 0.1) is 13.8 Å². The Morgan fingerprint density at radius 2 is 2.05 bits per heavy atom. The Kier molecular flexibility index (Phi) is 2.98. The van der Waals surface area contributed by atoms with Gasteiger partial charge in [0.25, 0.3) is 10.0 Å². The van der Waals surface area contributed by atoms with Crippen LogP contribution in [0.4, 0.5) is 0 Å². The van der Waals surface area contributed by atoms with Crippen molar-refractivity contribution >= 4 is 10.0 Å². The van der Waals surface area contributed by atoms with Crippen LogP contribution in [0.1, 0.15) is 30.2 Å². The molecule has 20 heavy (non-hydrogen) atoms. The van der Waals surface area contributed by atoms with Crippen molar-refractivity contribution in [1.82, 2.24) is 18.8 Å². The summed E-state index contributed by atoms with van der Waals surface area (Å²) in [6.07, 6.45) is 1.39. The van der Waals surface area contributed by atoms with Gasteiger partial charge in [0.2, 0.25) is 0 Å². The number of sulfonamides is 1. The average molecular weight is 294 g/mol. The molecule has 0 saturated carbocycles. The first kappa shape index (κ1) is 13.4. The lowest BCUT2D eigenvalue weighted by molar-refractivity contribution is 0.280. The highest BCUT2D eigenvalue weighted by atomic mass is 32.2. The molecule has 1 aliphatic rings. The van der Waals surface area contributed by atoms with Gasteiger partial charge in [-0.15, -0.1) is 0 Å². The maximum Gasteiger partial charge on any atom is 0.260 e. The van der Waals surface area contributed by atoms with Crippen molar-refractivity contribution in [3.8, 4) is 0 Å². The SMILES string of the molecule is Cc1ncc(S(=O)(=O)N2CCn3c(C)ccc3C2C)[nH]1. The second-order valence-corrected chi connectivity index (χ2v) is 7.03. The van der Waals surface area contributed by atoms with E-state index in [4.69, 9.17) is 0 Å². The van der Waals surface area contributed by atoms with Crippen LogP contribution < -0.4 is 0 Å². The smallest absolute Gasteiger partial charge is 0.260 e. The number of aromatic nitrogens is 3. The van der Waals surface area contributed by atoms with E-state index in [1.165, 1.54) is 16.2 Å². The summed E-state index contributed by atoms with van der Waals surface area (Å²) in [4.78, 5) is 6.80. The van der Waals surface area contributed by atoms with Gasteiger partial charge in [0.15, 0.2) is 5.03 Å². The minimum atomic E-state index is -3.52. The first-order valence-electron chi connectivity index (χ1n) is 6.61. The van der Waals surface area contributed by atoms with E-state index in [2.05, 4.69) is 14.5 Å². The Morgan fingerprint density at radius 3 is 2.70 bits per heavy atom. The topological polar surface area (TPSA) is 71.0 Å². The van der Waals surface area contributed by atoms with Crippen LogP contribution in [0.5, 0.6) is 0 Å². The Balaban J connectivity index is 2.00. The van der Waals surface area contributed by atoms with Crippen molar-refractivity contribution in [2.75, 3.05) is 6.54 Å². The molecule has 0 aliphatic carbocycles. The largest absolute Gasteiger partial charge is 0.346 e. The molecule has 0 fully saturated rings. The van der Waals surface area contributed by atoms with Crippen molar-refractivity contribution in [1.29, 1.82) is 0 Å². The van der Waals surface area contributed by atoms with Crippen molar-refractivity contribution in [2.45, 2.75) is 38.4 Å². The zero-order valence-electron chi connectivity index (χ0n) is 11.8. The lowest BCUT2D eigenvalue weighted by atomic mass is 10.2. The van der Waals surface area contributed by atoms with E-state index in [9.17, 15) is 8.42 Å². The minimum absolute atomic E-state index is 0.165. The van der Waals surface area contributed by atoms with Crippen molar-refractivity contribution < 1.29 is 8.42 Å². The average Bonchev–Trinajstić information content (AvgIpc) is 2.98. The maximum absolute atomic E-state index is 12.7. The fourth-order valence-electron chi connectivity index (χ4n) is 2.78. The Hall–Kier alpha value is -1.60. The predicted molar refractivity (Wildman–Crippen MR) is 74.8 cm³/mol. The molecule has 1 atom stereocenters. The highest BCUT2D eigenvalue weighted by Gasteiger charge is 2.35. The third kappa shape index (κ3) is 1.89. The molecule has 1 N–H and O–H groups in total. The number of nitrogens with one attached hydrogen (secondary N) is 1. The van der Waals surface area contributed by atoms with Gasteiger partial charge in [-0.25, -0.2) is 13.4 Å². The quantitative estimate of drug-likeness (QED) is 0.914. The standard InChI is InChI=1S/C13H18N4O2S/c1-9-4-5-12-10(2)17(7-6-16(9)12)20(18,19)13-8-14-11(3)15-13/h4-5,8,10H,6-7H2,1-3H3,(H,14,15). The van der Waals surface area contributed by atoms with Gasteiger partial charge in [0.1, 0.15) is 5.82 Å². The summed E-state index contributed by atoms with van der Waals surface area (Å²) in [5, 5.41) is 0.165. The molecule has 2 aromatic heterocycles. The Morgan fingerprint density at radius 1 is 1.30 bits per heavy atom. The predicted octanol–water partition coefficient (Wildman–Crippen LogP) is 1.59. The maximum atomic E-state index is 12.7. The molecule has 0 radical (unpaired) electrons. The van der Waals surface area contributed by atoms with Crippen LogP contribution in [-0.4, -0.2) is 33.8 Å². The number of aromatic amines is 1. The summed E-state index contributed by atoms with van der Waals surface area (Å²) in [7, 11) is -3.52. The van der Waals surface area contributed by atoms with Gasteiger partial charge in [-0.3, -0.25) is 0 Å². The van der Waals surface area contributed by atoms with Crippen molar-refractivity contribution in [3.63, 3.8) is 0 Å². The molecule has 0 bridgehead atoms. The van der Waals surface area contributed by atoms with Gasteiger partial charge in [0, 0.05) is 24.5 Å². The normalized spacial score (nSPS) is 20.1. The Labute approximate surface area is 118 Å². The lowest BCUT2D eigenvalue weighted by Crippen LogP contribution is -2.41. The number of imidazole rings is 1. The fraction of sp³-hybridized carbons (Fsp3) is 0.462. The highest BCUT2D eigenvalue weighted by Crippen LogP contribution is 2.31. The number of fused-ring (bicyclic) bond motifs is 1. The number of hydrogen-bond donors (Lipinski definition) is 1. The van der Waals surface area contributed by atoms with Gasteiger partial charge in [0.05, 0.1) is 12.2 Å². The molecule has 6 nitrogen and oxygen atoms in total. The summed E-state index contributed by atoms with van der Waals surface area (Å²) < 4.78 is 29.1. The molecule has 3 rings (SSSR count). The van der Waals surface area contributed by atoms with E-state index in [0.29, 0.717) is 18.9 Å². The number of H-pyrrole nitrogens is 1. The van der Waals surface area contributed by atoms with Gasteiger partial charge >= 0.3 is 0 Å². The highest BCUT2D eigenvalue weighted by molar-refractivity contribution is 7.89. The number of hydrogen-bond acceptors (Lipinski definition) is 3. The molecule has 0 aromatic carbocycles. The van der Waals surface area contributed by atoms with Crippen LogP contribution in [-0.2, 0) is 16.6 Å². The molecule has 108 valence electrons. The molecule has 2 aromatic rings. The monoisotopic (exact) mass is 294 g/mol. The molecule has 0 spiro atoms. The summed E-state index contributed by atoms with van der Waals surface area (Å²) in [5.41, 5.74) is 2.20. The molecular weight excluding hydrogens is 276 g/mol. The van der Waals surface area contributed by atoms with E-state index in [1.807, 2.05) is 26.0 Å². The zero-order valence-corrected chi connectivity index (χ0v) is 12.6. The third-order valence-corrected chi connectivity index (χ3v) is 5.78. The summed E-state index contributed by atoms with van der Waals surface area (Å²) >= 11 is 0. The van der Waals surface area contributed by atoms with Crippen LogP contribution >= 0.6 is 0 Å². The molecule has 0 amide bonds. The molecular formula is C13H18N4O2S. The molecule has 1 unspecified atom stereocenters. The van der Waals surface area contributed by atoms with E-state index in [1.54, 1.807) is 6.92 Å². The summed E-state index contributed by atoms with van der Waals surface area (Å²) in [5.74, 6) is 0.604. The fourth-order valence-corrected chi connectivity index (χ4v) is 4.35. The van der Waals surface area contributed by atoms with Crippen LogP contribution in [0.2, 0.25) is 0 Å². The first-order valence-corrected chi connectivity index (χ1v) is 8.05. The lowest BCUT2D eigenvalue weighted by Gasteiger charge is -2.33. The van der Waals surface area contributed by atoms with Gasteiger partial charge < -0.3 is 9.55 Å². The Bertz CT molecular complexity index is 744. The van der Waals surface area contributed by atoms with Crippen molar-refractivity contribution in [3.05, 3.63) is 35.5 Å². The molecule has 7 heteroatoms. The second kappa shape index (κ2) is 4.46. The summed E-state index contributed by atoms with van der Waals surface area (Å²) in [6, 6.07) is 3.85. The second-order valence-electron chi connectivity index (χ2n) is 5.18. The molecule has 1 aliphatic heterocycles. The minimum Gasteiger partial charge on any atom is -0.346 e. The van der Waals surface area contributed by atoms with Gasteiger partial charge in [-0.1, -0.05) is 0 Å². The van der Waals surface area contributed by atoms with E-state index >= 15 is 0 Å². The molecule has 0 saturated heterocycles. The van der Waals surface area contributed by atoms with Crippen molar-refractivity contribution in [2.24, 2.45) is 0 Å². The van der Waals surface area contributed by atoms with Crippen LogP contribution in [0.3, 0.4) is 0 Å². The van der Waals surface area contributed by atoms with E-state index in [0.717, 1.165) is 5.69 Å². The molecule has 3 heterocycles. The zero-order chi connectivity index (χ0) is 14.5.